The number of nitrogens with one attached hydrogen (secondary N) is 4. The molecule has 6 heterocycles. The molecule has 0 spiro atoms. The van der Waals surface area contributed by atoms with E-state index in [9.17, 15) is 22.8 Å². The second kappa shape index (κ2) is 11.2. The summed E-state index contributed by atoms with van der Waals surface area (Å²) in [5, 5.41) is 5.81. The third-order valence-electron chi connectivity index (χ3n) is 4.48. The highest BCUT2D eigenvalue weighted by Gasteiger charge is 2.13. The second-order valence-corrected chi connectivity index (χ2v) is 12.9. The summed E-state index contributed by atoms with van der Waals surface area (Å²) >= 11 is 10.3. The number of aromatic amines is 4. The first-order valence-corrected chi connectivity index (χ1v) is 16.1. The molecule has 0 aromatic carbocycles. The lowest BCUT2D eigenvalue weighted by Crippen LogP contribution is -2.13. The van der Waals surface area contributed by atoms with E-state index in [0.29, 0.717) is 29.5 Å². The number of hydrogen-bond donors (Lipinski definition) is 4. The van der Waals surface area contributed by atoms with Gasteiger partial charge in [0.1, 0.15) is 14.1 Å². The molecule has 0 unspecified atom stereocenters. The van der Waals surface area contributed by atoms with E-state index < -0.39 is 15.4 Å². The molecule has 37 heavy (non-hydrogen) atoms. The molecule has 17 heteroatoms. The van der Waals surface area contributed by atoms with Crippen molar-refractivity contribution in [3.63, 3.8) is 0 Å². The van der Waals surface area contributed by atoms with Gasteiger partial charge in [0.2, 0.25) is 15.0 Å². The van der Waals surface area contributed by atoms with Crippen LogP contribution in [0, 0.1) is 4.77 Å². The summed E-state index contributed by atoms with van der Waals surface area (Å²) in [5.41, 5.74) is 1.44. The van der Waals surface area contributed by atoms with E-state index >= 15 is 0 Å². The van der Waals surface area contributed by atoms with Crippen molar-refractivity contribution in [1.82, 2.24) is 29.9 Å². The van der Waals surface area contributed by atoms with Crippen molar-refractivity contribution < 1.29 is 8.42 Å². The molecule has 11 nitrogen and oxygen atoms in total. The number of thioether (sulfide) groups is 1. The standard InChI is InChI=1S/C7H6N2O3S2.C7H6N2OS2.C6H4N2OS2/c1-14(11,12)7-8-4-2-3-13-5(4)6(10)9-7;1-11-7-8-4-2-3-12-5(4)6(10)9-7;9-5-4-3(1-2-11-4)7-6(10)8-5/h2-3H,1H3,(H,8,9,10);2-3H,1H3,(H,8,9,10);1-2H,(H2,7,8,9,10). The van der Waals surface area contributed by atoms with Crippen molar-refractivity contribution in [1.29, 1.82) is 0 Å². The van der Waals surface area contributed by atoms with Crippen molar-refractivity contribution in [3.8, 4) is 0 Å². The van der Waals surface area contributed by atoms with E-state index in [2.05, 4.69) is 29.9 Å². The molecular weight excluding hydrogens is 597 g/mol. The number of rotatable bonds is 2. The van der Waals surface area contributed by atoms with E-state index in [1.54, 1.807) is 11.4 Å². The molecule has 0 bridgehead atoms. The van der Waals surface area contributed by atoms with E-state index in [1.807, 2.05) is 29.1 Å². The SMILES string of the molecule is CS(=O)(=O)c1nc2ccsc2c(=O)[nH]1.CSc1nc2ccsc2c(=O)[nH]1.O=c1[nH]c(=S)[nH]c2ccsc12. The number of thiophene rings is 3. The van der Waals surface area contributed by atoms with Gasteiger partial charge < -0.3 is 9.97 Å². The van der Waals surface area contributed by atoms with Crippen LogP contribution >= 0.6 is 58.0 Å². The van der Waals surface area contributed by atoms with Gasteiger partial charge in [0.25, 0.3) is 16.7 Å². The highest BCUT2D eigenvalue weighted by Crippen LogP contribution is 2.17. The van der Waals surface area contributed by atoms with Crippen molar-refractivity contribution in [2.45, 2.75) is 10.3 Å². The molecule has 0 fully saturated rings. The van der Waals surface area contributed by atoms with Gasteiger partial charge in [-0.15, -0.1) is 34.0 Å². The molecule has 0 saturated carbocycles. The highest BCUT2D eigenvalue weighted by atomic mass is 32.2. The van der Waals surface area contributed by atoms with E-state index in [-0.39, 0.29) is 16.3 Å². The van der Waals surface area contributed by atoms with Gasteiger partial charge in [0.15, 0.2) is 9.93 Å². The van der Waals surface area contributed by atoms with Gasteiger partial charge in [0, 0.05) is 6.26 Å². The fraction of sp³-hybridized carbons (Fsp3) is 0.100. The van der Waals surface area contributed by atoms with Crippen LogP contribution in [-0.2, 0) is 9.84 Å². The minimum absolute atomic E-state index is 0.0423. The molecule has 6 aromatic heterocycles. The van der Waals surface area contributed by atoms with Gasteiger partial charge in [-0.3, -0.25) is 24.4 Å². The predicted molar refractivity (Wildman–Crippen MR) is 153 cm³/mol. The van der Waals surface area contributed by atoms with Gasteiger partial charge in [-0.25, -0.2) is 18.4 Å². The van der Waals surface area contributed by atoms with E-state index in [0.717, 1.165) is 17.3 Å². The molecule has 192 valence electrons. The number of fused-ring (bicyclic) bond motifs is 3. The number of aromatic nitrogens is 6. The zero-order chi connectivity index (χ0) is 26.7. The maximum atomic E-state index is 11.4. The molecule has 4 N–H and O–H groups in total. The molecule has 0 saturated heterocycles. The highest BCUT2D eigenvalue weighted by molar-refractivity contribution is 7.98. The Labute approximate surface area is 228 Å². The second-order valence-electron chi connectivity index (χ2n) is 7.06. The Hall–Kier alpha value is -2.96. The van der Waals surface area contributed by atoms with Crippen LogP contribution in [-0.4, -0.2) is 50.8 Å². The molecule has 0 aliphatic rings. The number of H-pyrrole nitrogens is 4. The molecule has 6 aromatic rings. The predicted octanol–water partition coefficient (Wildman–Crippen LogP) is 3.74. The first-order chi connectivity index (χ1) is 17.6. The van der Waals surface area contributed by atoms with E-state index in [4.69, 9.17) is 12.2 Å². The van der Waals surface area contributed by atoms with Gasteiger partial charge in [-0.2, -0.15) is 0 Å². The van der Waals surface area contributed by atoms with Crippen molar-refractivity contribution >= 4 is 98.5 Å². The van der Waals surface area contributed by atoms with Crippen LogP contribution in [0.4, 0.5) is 0 Å². The number of nitrogens with zero attached hydrogens (tertiary/aromatic N) is 2. The fourth-order valence-corrected chi connectivity index (χ4v) is 6.20. The minimum Gasteiger partial charge on any atom is -0.331 e. The fourth-order valence-electron chi connectivity index (χ4n) is 2.87. The summed E-state index contributed by atoms with van der Waals surface area (Å²) in [6, 6.07) is 5.31. The summed E-state index contributed by atoms with van der Waals surface area (Å²) < 4.78 is 24.5. The summed E-state index contributed by atoms with van der Waals surface area (Å²) in [5.74, 6) is 0. The van der Waals surface area contributed by atoms with Crippen molar-refractivity contribution in [2.75, 3.05) is 12.5 Å². The lowest BCUT2D eigenvalue weighted by atomic mass is 10.5. The minimum atomic E-state index is -3.46. The van der Waals surface area contributed by atoms with Crippen molar-refractivity contribution in [2.24, 2.45) is 0 Å². The average Bonchev–Trinajstić information content (AvgIpc) is 3.59. The van der Waals surface area contributed by atoms with Crippen LogP contribution in [0.5, 0.6) is 0 Å². The van der Waals surface area contributed by atoms with Crippen LogP contribution in [0.25, 0.3) is 30.6 Å². The maximum Gasteiger partial charge on any atom is 0.269 e. The van der Waals surface area contributed by atoms with Gasteiger partial charge in [0.05, 0.1) is 16.6 Å². The largest absolute Gasteiger partial charge is 0.331 e. The zero-order valence-corrected chi connectivity index (χ0v) is 23.7. The topological polar surface area (TPSA) is 174 Å². The Bertz CT molecular complexity index is 2060. The Balaban J connectivity index is 0.000000131. The van der Waals surface area contributed by atoms with Crippen molar-refractivity contribution in [3.05, 3.63) is 70.2 Å². The van der Waals surface area contributed by atoms with Crippen LogP contribution in [0.1, 0.15) is 0 Å². The quantitative estimate of drug-likeness (QED) is 0.129. The Morgan fingerprint density at radius 2 is 1.32 bits per heavy atom. The summed E-state index contributed by atoms with van der Waals surface area (Å²) in [6.07, 6.45) is 2.89. The summed E-state index contributed by atoms with van der Waals surface area (Å²) in [6.45, 7) is 0. The molecular formula is C20H16N6O5S6. The zero-order valence-electron chi connectivity index (χ0n) is 18.8. The number of sulfone groups is 1. The Morgan fingerprint density at radius 3 is 1.95 bits per heavy atom. The third-order valence-corrected chi connectivity index (χ3v) is 8.88. The Morgan fingerprint density at radius 1 is 0.784 bits per heavy atom. The monoisotopic (exact) mass is 612 g/mol. The number of hydrogen-bond acceptors (Lipinski definition) is 12. The molecule has 0 atom stereocenters. The lowest BCUT2D eigenvalue weighted by Gasteiger charge is -1.96. The third kappa shape index (κ3) is 6.31. The molecule has 0 aliphatic heterocycles. The van der Waals surface area contributed by atoms with Gasteiger partial charge in [-0.05, 0) is 52.8 Å². The first-order valence-electron chi connectivity index (χ1n) is 9.95. The lowest BCUT2D eigenvalue weighted by molar-refractivity contribution is 0.593. The van der Waals surface area contributed by atoms with Crippen LogP contribution in [0.3, 0.4) is 0 Å². The summed E-state index contributed by atoms with van der Waals surface area (Å²) in [7, 11) is -3.46. The first kappa shape index (κ1) is 27.1. The summed E-state index contributed by atoms with van der Waals surface area (Å²) in [4.78, 5) is 52.2. The molecule has 6 rings (SSSR count). The van der Waals surface area contributed by atoms with Crippen LogP contribution in [0.2, 0.25) is 0 Å². The molecule has 0 aliphatic carbocycles. The average molecular weight is 613 g/mol. The van der Waals surface area contributed by atoms with Gasteiger partial charge >= 0.3 is 0 Å². The normalized spacial score (nSPS) is 11.2. The Kier molecular flexibility index (Phi) is 8.20. The maximum absolute atomic E-state index is 11.4. The van der Waals surface area contributed by atoms with Gasteiger partial charge in [-0.1, -0.05) is 11.8 Å². The van der Waals surface area contributed by atoms with Crippen LogP contribution < -0.4 is 16.7 Å². The molecule has 0 amide bonds. The smallest absolute Gasteiger partial charge is 0.269 e. The van der Waals surface area contributed by atoms with E-state index in [1.165, 1.54) is 45.8 Å². The molecule has 0 radical (unpaired) electrons. The van der Waals surface area contributed by atoms with Crippen LogP contribution in [0.15, 0.2) is 59.0 Å².